The van der Waals surface area contributed by atoms with Gasteiger partial charge in [-0.05, 0) is 0 Å². The second-order valence-corrected chi connectivity index (χ2v) is 1.96. The third-order valence-electron chi connectivity index (χ3n) is 1.26. The Kier molecular flexibility index (Phi) is 2.22. The Bertz CT molecular complexity index is 232. The summed E-state index contributed by atoms with van der Waals surface area (Å²) in [5, 5.41) is 8.57. The molecular weight excluding hydrogens is 148 g/mol. The monoisotopic (exact) mass is 156 g/mol. The second-order valence-electron chi connectivity index (χ2n) is 1.96. The zero-order valence-corrected chi connectivity index (χ0v) is 5.94. The highest BCUT2D eigenvalue weighted by atomic mass is 16.5. The van der Waals surface area contributed by atoms with Crippen molar-refractivity contribution in [2.75, 3.05) is 7.11 Å². The Balaban J connectivity index is 2.79. The summed E-state index contributed by atoms with van der Waals surface area (Å²) in [6.45, 7) is 0. The number of hydrogen-bond donors (Lipinski definition) is 2. The molecule has 0 aromatic carbocycles. The van der Waals surface area contributed by atoms with Crippen LogP contribution in [-0.4, -0.2) is 28.2 Å². The maximum atomic E-state index is 10.5. The second kappa shape index (κ2) is 3.16. The molecule has 0 aliphatic heterocycles. The summed E-state index contributed by atoms with van der Waals surface area (Å²) in [6.07, 6.45) is 1.88. The molecule has 0 aliphatic rings. The number of aliphatic carboxylic acids is 1. The van der Waals surface area contributed by atoms with Crippen LogP contribution in [0.15, 0.2) is 12.5 Å². The molecule has 0 radical (unpaired) electrons. The minimum atomic E-state index is -1.03. The largest absolute Gasteiger partial charge is 0.479 e. The van der Waals surface area contributed by atoms with Crippen molar-refractivity contribution < 1.29 is 14.6 Å². The van der Waals surface area contributed by atoms with Gasteiger partial charge in [0.2, 0.25) is 0 Å². The third-order valence-corrected chi connectivity index (χ3v) is 1.26. The number of ether oxygens (including phenoxy) is 1. The first-order valence-corrected chi connectivity index (χ1v) is 2.99. The number of carbonyl (C=O) groups is 1. The smallest absolute Gasteiger partial charge is 0.339 e. The van der Waals surface area contributed by atoms with Crippen LogP contribution < -0.4 is 0 Å². The maximum absolute atomic E-state index is 10.5. The Morgan fingerprint density at radius 3 is 3.00 bits per heavy atom. The summed E-state index contributed by atoms with van der Waals surface area (Å²) in [6, 6.07) is 0. The number of carboxylic acids is 1. The molecule has 5 nitrogen and oxygen atoms in total. The van der Waals surface area contributed by atoms with Gasteiger partial charge in [-0.25, -0.2) is 9.78 Å². The van der Waals surface area contributed by atoms with Crippen molar-refractivity contribution in [2.24, 2.45) is 0 Å². The first kappa shape index (κ1) is 7.74. The molecule has 1 aromatic heterocycles. The van der Waals surface area contributed by atoms with Gasteiger partial charge in [0, 0.05) is 7.11 Å². The number of H-pyrrole nitrogens is 1. The van der Waals surface area contributed by atoms with Gasteiger partial charge >= 0.3 is 5.97 Å². The lowest BCUT2D eigenvalue weighted by Crippen LogP contribution is -2.13. The standard InChI is InChI=1S/C6H8N2O3/c1-11-5(6(9)10)4-2-7-3-8-4/h2-3,5H,1H3,(H,7,8)(H,9,10)/t5-/m1/s1. The highest BCUT2D eigenvalue weighted by molar-refractivity contribution is 5.73. The fourth-order valence-electron chi connectivity index (χ4n) is 0.771. The molecule has 0 spiro atoms. The van der Waals surface area contributed by atoms with Crippen LogP contribution in [0.5, 0.6) is 0 Å². The van der Waals surface area contributed by atoms with E-state index in [2.05, 4.69) is 14.7 Å². The van der Waals surface area contributed by atoms with E-state index in [9.17, 15) is 4.79 Å². The fourth-order valence-corrected chi connectivity index (χ4v) is 0.771. The minimum absolute atomic E-state index is 0.444. The van der Waals surface area contributed by atoms with E-state index in [1.807, 2.05) is 0 Å². The highest BCUT2D eigenvalue weighted by Crippen LogP contribution is 2.12. The van der Waals surface area contributed by atoms with Crippen LogP contribution in [0.1, 0.15) is 11.8 Å². The molecule has 0 aliphatic carbocycles. The van der Waals surface area contributed by atoms with E-state index in [4.69, 9.17) is 5.11 Å². The molecule has 0 bridgehead atoms. The molecule has 11 heavy (non-hydrogen) atoms. The normalized spacial score (nSPS) is 12.8. The fraction of sp³-hybridized carbons (Fsp3) is 0.333. The van der Waals surface area contributed by atoms with Gasteiger partial charge in [-0.2, -0.15) is 0 Å². The molecule has 0 amide bonds. The number of nitrogens with one attached hydrogen (secondary N) is 1. The van der Waals surface area contributed by atoms with E-state index in [0.717, 1.165) is 0 Å². The number of rotatable bonds is 3. The summed E-state index contributed by atoms with van der Waals surface area (Å²) >= 11 is 0. The highest BCUT2D eigenvalue weighted by Gasteiger charge is 2.19. The molecule has 1 atom stereocenters. The lowest BCUT2D eigenvalue weighted by Gasteiger charge is -2.06. The molecule has 5 heteroatoms. The molecule has 0 saturated heterocycles. The van der Waals surface area contributed by atoms with Crippen LogP contribution in [0, 0.1) is 0 Å². The van der Waals surface area contributed by atoms with Crippen LogP contribution in [0.2, 0.25) is 0 Å². The van der Waals surface area contributed by atoms with Gasteiger partial charge in [-0.1, -0.05) is 0 Å². The molecule has 1 rings (SSSR count). The lowest BCUT2D eigenvalue weighted by atomic mass is 10.3. The van der Waals surface area contributed by atoms with Crippen LogP contribution in [0.25, 0.3) is 0 Å². The summed E-state index contributed by atoms with van der Waals surface area (Å²) < 4.78 is 4.69. The van der Waals surface area contributed by atoms with E-state index in [1.165, 1.54) is 19.6 Å². The summed E-state index contributed by atoms with van der Waals surface area (Å²) in [7, 11) is 1.33. The van der Waals surface area contributed by atoms with Crippen molar-refractivity contribution in [2.45, 2.75) is 6.10 Å². The Morgan fingerprint density at radius 1 is 1.91 bits per heavy atom. The molecule has 60 valence electrons. The molecule has 0 saturated carbocycles. The van der Waals surface area contributed by atoms with Crippen LogP contribution >= 0.6 is 0 Å². The van der Waals surface area contributed by atoms with Gasteiger partial charge < -0.3 is 14.8 Å². The lowest BCUT2D eigenvalue weighted by molar-refractivity contribution is -0.149. The van der Waals surface area contributed by atoms with Crippen molar-refractivity contribution in [1.29, 1.82) is 0 Å². The first-order valence-electron chi connectivity index (χ1n) is 2.99. The van der Waals surface area contributed by atoms with Crippen molar-refractivity contribution in [1.82, 2.24) is 9.97 Å². The van der Waals surface area contributed by atoms with E-state index >= 15 is 0 Å². The molecular formula is C6H8N2O3. The third kappa shape index (κ3) is 1.56. The van der Waals surface area contributed by atoms with Gasteiger partial charge in [0.15, 0.2) is 6.10 Å². The predicted octanol–water partition coefficient (Wildman–Crippen LogP) is 0.182. The van der Waals surface area contributed by atoms with Gasteiger partial charge in [0.1, 0.15) is 0 Å². The van der Waals surface area contributed by atoms with Crippen molar-refractivity contribution in [3.05, 3.63) is 18.2 Å². The molecule has 0 fully saturated rings. The Labute approximate surface area is 63.0 Å². The number of aromatic amines is 1. The van der Waals surface area contributed by atoms with Crippen molar-refractivity contribution in [3.63, 3.8) is 0 Å². The van der Waals surface area contributed by atoms with Gasteiger partial charge in [-0.3, -0.25) is 0 Å². The number of methoxy groups -OCH3 is 1. The quantitative estimate of drug-likeness (QED) is 0.654. The SMILES string of the molecule is CO[C@@H](C(=O)O)c1cnc[nH]1. The van der Waals surface area contributed by atoms with Gasteiger partial charge in [-0.15, -0.1) is 0 Å². The number of nitrogens with zero attached hydrogens (tertiary/aromatic N) is 1. The molecule has 1 heterocycles. The van der Waals surface area contributed by atoms with Crippen LogP contribution in [0.3, 0.4) is 0 Å². The zero-order chi connectivity index (χ0) is 8.27. The summed E-state index contributed by atoms with van der Waals surface area (Å²) in [5.41, 5.74) is 0.444. The topological polar surface area (TPSA) is 75.2 Å². The van der Waals surface area contributed by atoms with E-state index in [-0.39, 0.29) is 0 Å². The maximum Gasteiger partial charge on any atom is 0.339 e. The van der Waals surface area contributed by atoms with Crippen molar-refractivity contribution >= 4 is 5.97 Å². The van der Waals surface area contributed by atoms with Crippen LogP contribution in [0.4, 0.5) is 0 Å². The van der Waals surface area contributed by atoms with Gasteiger partial charge in [0.25, 0.3) is 0 Å². The first-order chi connectivity index (χ1) is 5.25. The average Bonchev–Trinajstić information content (AvgIpc) is 2.40. The van der Waals surface area contributed by atoms with Gasteiger partial charge in [0.05, 0.1) is 18.2 Å². The number of hydrogen-bond acceptors (Lipinski definition) is 3. The van der Waals surface area contributed by atoms with Crippen molar-refractivity contribution in [3.8, 4) is 0 Å². The van der Waals surface area contributed by atoms with E-state index in [0.29, 0.717) is 5.69 Å². The molecule has 0 unspecified atom stereocenters. The number of imidazole rings is 1. The minimum Gasteiger partial charge on any atom is -0.479 e. The summed E-state index contributed by atoms with van der Waals surface area (Å²) in [5.74, 6) is -1.03. The predicted molar refractivity (Wildman–Crippen MR) is 36.0 cm³/mol. The summed E-state index contributed by atoms with van der Waals surface area (Å²) in [4.78, 5) is 16.8. The Hall–Kier alpha value is -1.36. The number of aromatic nitrogens is 2. The zero-order valence-electron chi connectivity index (χ0n) is 5.94. The molecule has 2 N–H and O–H groups in total. The molecule has 1 aromatic rings. The van der Waals surface area contributed by atoms with Crippen LogP contribution in [-0.2, 0) is 9.53 Å². The Morgan fingerprint density at radius 2 is 2.64 bits per heavy atom. The van der Waals surface area contributed by atoms with E-state index in [1.54, 1.807) is 0 Å². The van der Waals surface area contributed by atoms with E-state index < -0.39 is 12.1 Å². The number of carboxylic acid groups (broad SMARTS) is 1. The average molecular weight is 156 g/mol.